The highest BCUT2D eigenvalue weighted by atomic mass is 16.6. The Balaban J connectivity index is 2.03. The third kappa shape index (κ3) is 3.83. The van der Waals surface area contributed by atoms with Crippen molar-refractivity contribution in [3.63, 3.8) is 0 Å². The summed E-state index contributed by atoms with van der Waals surface area (Å²) in [7, 11) is 0. The van der Waals surface area contributed by atoms with E-state index in [1.165, 1.54) is 0 Å². The molecule has 6 nitrogen and oxygen atoms in total. The summed E-state index contributed by atoms with van der Waals surface area (Å²) in [4.78, 5) is 24.7. The molecule has 1 saturated heterocycles. The van der Waals surface area contributed by atoms with Crippen molar-refractivity contribution in [2.75, 3.05) is 37.7 Å². The fourth-order valence-electron chi connectivity index (χ4n) is 2.37. The third-order valence-corrected chi connectivity index (χ3v) is 3.57. The van der Waals surface area contributed by atoms with Crippen molar-refractivity contribution in [2.24, 2.45) is 0 Å². The summed E-state index contributed by atoms with van der Waals surface area (Å²) in [5.41, 5.74) is 1.06. The van der Waals surface area contributed by atoms with Gasteiger partial charge in [0.1, 0.15) is 11.6 Å². The van der Waals surface area contributed by atoms with Crippen LogP contribution in [0.5, 0.6) is 0 Å². The number of nitrogens with zero attached hydrogens (tertiary/aromatic N) is 4. The van der Waals surface area contributed by atoms with Gasteiger partial charge >= 0.3 is 6.09 Å². The number of ether oxygens (including phenoxy) is 1. The standard InChI is InChI=1S/C15H24N4O2/c1-5-21-15(20)19-8-6-18(7-9-19)14-10-13(11(2)3)16-12(4)17-14/h10-11H,5-9H2,1-4H3. The molecule has 0 N–H and O–H groups in total. The predicted octanol–water partition coefficient (Wildman–Crippen LogP) is 2.19. The zero-order valence-electron chi connectivity index (χ0n) is 13.3. The lowest BCUT2D eigenvalue weighted by Gasteiger charge is -2.35. The first-order valence-corrected chi connectivity index (χ1v) is 7.53. The number of aromatic nitrogens is 2. The molecule has 0 aromatic carbocycles. The van der Waals surface area contributed by atoms with E-state index in [2.05, 4.69) is 34.8 Å². The van der Waals surface area contributed by atoms with Crippen LogP contribution in [0.25, 0.3) is 0 Å². The van der Waals surface area contributed by atoms with Gasteiger partial charge in [0.15, 0.2) is 0 Å². The monoisotopic (exact) mass is 292 g/mol. The summed E-state index contributed by atoms with van der Waals surface area (Å²) < 4.78 is 5.03. The van der Waals surface area contributed by atoms with Crippen molar-refractivity contribution in [3.8, 4) is 0 Å². The Kier molecular flexibility index (Phi) is 4.98. The van der Waals surface area contributed by atoms with Gasteiger partial charge in [-0.05, 0) is 19.8 Å². The minimum Gasteiger partial charge on any atom is -0.450 e. The second kappa shape index (κ2) is 6.74. The van der Waals surface area contributed by atoms with Crippen molar-refractivity contribution in [1.29, 1.82) is 0 Å². The molecule has 0 unspecified atom stereocenters. The zero-order chi connectivity index (χ0) is 15.4. The first kappa shape index (κ1) is 15.5. The lowest BCUT2D eigenvalue weighted by atomic mass is 10.1. The van der Waals surface area contributed by atoms with Crippen molar-refractivity contribution in [2.45, 2.75) is 33.6 Å². The van der Waals surface area contributed by atoms with Crippen LogP contribution in [0.2, 0.25) is 0 Å². The van der Waals surface area contributed by atoms with E-state index in [1.54, 1.807) is 4.90 Å². The lowest BCUT2D eigenvalue weighted by Crippen LogP contribution is -2.49. The molecule has 1 aromatic heterocycles. The summed E-state index contributed by atoms with van der Waals surface area (Å²) in [6.45, 7) is 11.3. The van der Waals surface area contributed by atoms with Crippen LogP contribution < -0.4 is 4.90 Å². The number of hydrogen-bond acceptors (Lipinski definition) is 5. The minimum atomic E-state index is -0.223. The molecular weight excluding hydrogens is 268 g/mol. The van der Waals surface area contributed by atoms with Crippen LogP contribution in [0.3, 0.4) is 0 Å². The fraction of sp³-hybridized carbons (Fsp3) is 0.667. The van der Waals surface area contributed by atoms with Crippen molar-refractivity contribution >= 4 is 11.9 Å². The van der Waals surface area contributed by atoms with E-state index in [-0.39, 0.29) is 6.09 Å². The summed E-state index contributed by atoms with van der Waals surface area (Å²) in [5, 5.41) is 0. The van der Waals surface area contributed by atoms with E-state index in [0.29, 0.717) is 25.6 Å². The molecule has 2 heterocycles. The van der Waals surface area contributed by atoms with Crippen LogP contribution in [0.15, 0.2) is 6.07 Å². The van der Waals surface area contributed by atoms with Crippen LogP contribution >= 0.6 is 0 Å². The SMILES string of the molecule is CCOC(=O)N1CCN(c2cc(C(C)C)nc(C)n2)CC1. The molecule has 0 spiro atoms. The molecule has 116 valence electrons. The van der Waals surface area contributed by atoms with Crippen LogP contribution in [-0.4, -0.2) is 53.7 Å². The van der Waals surface area contributed by atoms with Gasteiger partial charge in [0.2, 0.25) is 0 Å². The van der Waals surface area contributed by atoms with Gasteiger partial charge in [-0.15, -0.1) is 0 Å². The van der Waals surface area contributed by atoms with Gasteiger partial charge in [-0.2, -0.15) is 0 Å². The number of anilines is 1. The van der Waals surface area contributed by atoms with Gasteiger partial charge in [-0.1, -0.05) is 13.8 Å². The molecule has 21 heavy (non-hydrogen) atoms. The maximum Gasteiger partial charge on any atom is 0.409 e. The zero-order valence-corrected chi connectivity index (χ0v) is 13.3. The third-order valence-electron chi connectivity index (χ3n) is 3.57. The Morgan fingerprint density at radius 2 is 1.95 bits per heavy atom. The molecule has 1 aliphatic rings. The molecule has 0 atom stereocenters. The van der Waals surface area contributed by atoms with Crippen molar-refractivity contribution < 1.29 is 9.53 Å². The molecule has 0 saturated carbocycles. The van der Waals surface area contributed by atoms with Gasteiger partial charge in [0.25, 0.3) is 0 Å². The van der Waals surface area contributed by atoms with E-state index >= 15 is 0 Å². The Morgan fingerprint density at radius 1 is 1.29 bits per heavy atom. The molecule has 1 aliphatic heterocycles. The highest BCUT2D eigenvalue weighted by Crippen LogP contribution is 2.20. The summed E-state index contributed by atoms with van der Waals surface area (Å²) in [6, 6.07) is 2.05. The Hall–Kier alpha value is -1.85. The molecule has 0 bridgehead atoms. The predicted molar refractivity (Wildman–Crippen MR) is 81.7 cm³/mol. The average molecular weight is 292 g/mol. The normalized spacial score (nSPS) is 15.5. The van der Waals surface area contributed by atoms with Crippen molar-refractivity contribution in [1.82, 2.24) is 14.9 Å². The molecule has 0 radical (unpaired) electrons. The van der Waals surface area contributed by atoms with Crippen LogP contribution in [0, 0.1) is 6.92 Å². The Labute approximate surface area is 126 Å². The van der Waals surface area contributed by atoms with Gasteiger partial charge in [-0.25, -0.2) is 14.8 Å². The number of carbonyl (C=O) groups excluding carboxylic acids is 1. The maximum atomic E-state index is 11.7. The van der Waals surface area contributed by atoms with Gasteiger partial charge in [-0.3, -0.25) is 0 Å². The van der Waals surface area contributed by atoms with Crippen LogP contribution in [0.4, 0.5) is 10.6 Å². The minimum absolute atomic E-state index is 0.223. The highest BCUT2D eigenvalue weighted by molar-refractivity contribution is 5.68. The lowest BCUT2D eigenvalue weighted by molar-refractivity contribution is 0.105. The van der Waals surface area contributed by atoms with Gasteiger partial charge < -0.3 is 14.5 Å². The van der Waals surface area contributed by atoms with E-state index in [4.69, 9.17) is 4.74 Å². The smallest absolute Gasteiger partial charge is 0.409 e. The number of amides is 1. The number of piperazine rings is 1. The van der Waals surface area contributed by atoms with Gasteiger partial charge in [0.05, 0.1) is 6.61 Å². The second-order valence-corrected chi connectivity index (χ2v) is 5.53. The molecule has 1 amide bonds. The van der Waals surface area contributed by atoms with Gasteiger partial charge in [0, 0.05) is 37.9 Å². The van der Waals surface area contributed by atoms with E-state index < -0.39 is 0 Å². The maximum absolute atomic E-state index is 11.7. The van der Waals surface area contributed by atoms with E-state index in [0.717, 1.165) is 30.4 Å². The van der Waals surface area contributed by atoms with E-state index in [1.807, 2.05) is 13.8 Å². The second-order valence-electron chi connectivity index (χ2n) is 5.53. The average Bonchev–Trinajstić information content (AvgIpc) is 2.47. The van der Waals surface area contributed by atoms with Crippen molar-refractivity contribution in [3.05, 3.63) is 17.6 Å². The Bertz CT molecular complexity index is 496. The molecule has 1 fully saturated rings. The highest BCUT2D eigenvalue weighted by Gasteiger charge is 2.23. The summed E-state index contributed by atoms with van der Waals surface area (Å²) in [5.74, 6) is 2.13. The molecule has 6 heteroatoms. The first-order chi connectivity index (χ1) is 10.0. The fourth-order valence-corrected chi connectivity index (χ4v) is 2.37. The summed E-state index contributed by atoms with van der Waals surface area (Å²) >= 11 is 0. The molecule has 0 aliphatic carbocycles. The largest absolute Gasteiger partial charge is 0.450 e. The topological polar surface area (TPSA) is 58.6 Å². The number of hydrogen-bond donors (Lipinski definition) is 0. The van der Waals surface area contributed by atoms with Crippen LogP contribution in [0.1, 0.15) is 38.2 Å². The quantitative estimate of drug-likeness (QED) is 0.854. The molecular formula is C15H24N4O2. The Morgan fingerprint density at radius 3 is 2.52 bits per heavy atom. The molecule has 2 rings (SSSR count). The van der Waals surface area contributed by atoms with E-state index in [9.17, 15) is 4.79 Å². The first-order valence-electron chi connectivity index (χ1n) is 7.53. The number of carbonyl (C=O) groups is 1. The molecule has 1 aromatic rings. The number of aryl methyl sites for hydroxylation is 1. The summed E-state index contributed by atoms with van der Waals surface area (Å²) in [6.07, 6.45) is -0.223. The van der Waals surface area contributed by atoms with Crippen LogP contribution in [-0.2, 0) is 4.74 Å². The number of rotatable bonds is 3.